The average molecular weight is 309 g/mol. The molecule has 1 aromatic carbocycles. The molecule has 0 saturated carbocycles. The monoisotopic (exact) mass is 309 g/mol. The van der Waals surface area contributed by atoms with E-state index >= 15 is 0 Å². The van der Waals surface area contributed by atoms with Crippen molar-refractivity contribution in [1.82, 2.24) is 15.1 Å². The van der Waals surface area contributed by atoms with Crippen molar-refractivity contribution in [3.8, 4) is 11.4 Å². The number of benzene rings is 1. The number of aryl methyl sites for hydroxylation is 1. The molecule has 0 amide bonds. The van der Waals surface area contributed by atoms with Gasteiger partial charge in [0.15, 0.2) is 11.5 Å². The van der Waals surface area contributed by atoms with Crippen molar-refractivity contribution in [2.24, 2.45) is 0 Å². The van der Waals surface area contributed by atoms with Crippen LogP contribution in [0.25, 0.3) is 34.6 Å². The SMILES string of the molecule is Cc1nc2cc(-c3noc(/C=C/c4cccs4)n3)ccc2o1. The van der Waals surface area contributed by atoms with Crippen molar-refractivity contribution in [2.45, 2.75) is 6.92 Å². The van der Waals surface area contributed by atoms with Gasteiger partial charge in [-0.05, 0) is 35.7 Å². The fraction of sp³-hybridized carbons (Fsp3) is 0.0625. The summed E-state index contributed by atoms with van der Waals surface area (Å²) in [5.41, 5.74) is 2.39. The summed E-state index contributed by atoms with van der Waals surface area (Å²) in [6.45, 7) is 1.82. The van der Waals surface area contributed by atoms with Gasteiger partial charge in [-0.2, -0.15) is 4.98 Å². The number of fused-ring (bicyclic) bond motifs is 1. The van der Waals surface area contributed by atoms with Gasteiger partial charge in [0, 0.05) is 23.4 Å². The summed E-state index contributed by atoms with van der Waals surface area (Å²) >= 11 is 1.65. The number of rotatable bonds is 3. The third-order valence-corrected chi connectivity index (χ3v) is 3.97. The lowest BCUT2D eigenvalue weighted by atomic mass is 10.2. The molecule has 4 aromatic rings. The summed E-state index contributed by atoms with van der Waals surface area (Å²) in [4.78, 5) is 9.82. The maximum atomic E-state index is 5.46. The lowest BCUT2D eigenvalue weighted by molar-refractivity contribution is 0.411. The van der Waals surface area contributed by atoms with E-state index in [1.54, 1.807) is 17.4 Å². The summed E-state index contributed by atoms with van der Waals surface area (Å²) in [7, 11) is 0. The molecule has 6 heteroatoms. The zero-order valence-electron chi connectivity index (χ0n) is 11.7. The summed E-state index contributed by atoms with van der Waals surface area (Å²) < 4.78 is 10.7. The van der Waals surface area contributed by atoms with Crippen LogP contribution in [-0.2, 0) is 0 Å². The number of aromatic nitrogens is 3. The number of hydrogen-bond donors (Lipinski definition) is 0. The van der Waals surface area contributed by atoms with Gasteiger partial charge in [-0.1, -0.05) is 11.2 Å². The van der Waals surface area contributed by atoms with Gasteiger partial charge >= 0.3 is 0 Å². The second-order valence-corrected chi connectivity index (χ2v) is 5.70. The van der Waals surface area contributed by atoms with E-state index in [2.05, 4.69) is 15.1 Å². The highest BCUT2D eigenvalue weighted by atomic mass is 32.1. The molecule has 0 spiro atoms. The molecule has 3 heterocycles. The summed E-state index contributed by atoms with van der Waals surface area (Å²) in [5.74, 6) is 1.65. The minimum atomic E-state index is 0.472. The van der Waals surface area contributed by atoms with Crippen molar-refractivity contribution < 1.29 is 8.94 Å². The van der Waals surface area contributed by atoms with E-state index in [9.17, 15) is 0 Å². The predicted octanol–water partition coefficient (Wildman–Crippen LogP) is 4.42. The Morgan fingerprint density at radius 1 is 1.14 bits per heavy atom. The van der Waals surface area contributed by atoms with Crippen LogP contribution >= 0.6 is 11.3 Å². The molecular formula is C16H11N3O2S. The molecule has 0 aliphatic heterocycles. The Hall–Kier alpha value is -2.73. The number of hydrogen-bond acceptors (Lipinski definition) is 6. The molecule has 108 valence electrons. The van der Waals surface area contributed by atoms with Crippen LogP contribution in [0.4, 0.5) is 0 Å². The van der Waals surface area contributed by atoms with Crippen LogP contribution in [0.15, 0.2) is 44.7 Å². The number of oxazole rings is 1. The number of thiophene rings is 1. The summed E-state index contributed by atoms with van der Waals surface area (Å²) in [6.07, 6.45) is 3.76. The zero-order valence-corrected chi connectivity index (χ0v) is 12.5. The lowest BCUT2D eigenvalue weighted by Gasteiger charge is -1.92. The zero-order chi connectivity index (χ0) is 14.9. The van der Waals surface area contributed by atoms with Crippen molar-refractivity contribution in [1.29, 1.82) is 0 Å². The van der Waals surface area contributed by atoms with Crippen molar-refractivity contribution >= 4 is 34.6 Å². The maximum Gasteiger partial charge on any atom is 0.250 e. The molecule has 0 unspecified atom stereocenters. The van der Waals surface area contributed by atoms with Gasteiger partial charge in [0.2, 0.25) is 5.82 Å². The van der Waals surface area contributed by atoms with E-state index in [-0.39, 0.29) is 0 Å². The Balaban J connectivity index is 1.64. The highest BCUT2D eigenvalue weighted by molar-refractivity contribution is 7.10. The van der Waals surface area contributed by atoms with E-state index in [1.807, 2.05) is 48.7 Å². The normalized spacial score (nSPS) is 11.7. The topological polar surface area (TPSA) is 65.0 Å². The Labute approximate surface area is 129 Å². The van der Waals surface area contributed by atoms with Crippen LogP contribution in [0, 0.1) is 6.92 Å². The molecule has 4 rings (SSSR count). The molecule has 3 aromatic heterocycles. The first-order valence-corrected chi connectivity index (χ1v) is 7.59. The van der Waals surface area contributed by atoms with Crippen LogP contribution in [0.1, 0.15) is 16.7 Å². The summed E-state index contributed by atoms with van der Waals surface area (Å²) in [5, 5.41) is 6.03. The first-order valence-electron chi connectivity index (χ1n) is 6.71. The average Bonchev–Trinajstić information content (AvgIpc) is 3.24. The van der Waals surface area contributed by atoms with E-state index in [4.69, 9.17) is 8.94 Å². The fourth-order valence-corrected chi connectivity index (χ4v) is 2.76. The molecule has 0 fully saturated rings. The smallest absolute Gasteiger partial charge is 0.250 e. The largest absolute Gasteiger partial charge is 0.441 e. The van der Waals surface area contributed by atoms with Crippen molar-refractivity contribution in [3.63, 3.8) is 0 Å². The van der Waals surface area contributed by atoms with Crippen LogP contribution in [0.5, 0.6) is 0 Å². The molecule has 0 atom stereocenters. The van der Waals surface area contributed by atoms with Gasteiger partial charge in [-0.25, -0.2) is 4.98 Å². The molecule has 0 aliphatic carbocycles. The van der Waals surface area contributed by atoms with E-state index < -0.39 is 0 Å². The lowest BCUT2D eigenvalue weighted by Crippen LogP contribution is -1.81. The Morgan fingerprint density at radius 3 is 2.95 bits per heavy atom. The second kappa shape index (κ2) is 5.23. The van der Waals surface area contributed by atoms with Crippen LogP contribution in [0.2, 0.25) is 0 Å². The van der Waals surface area contributed by atoms with Gasteiger partial charge in [0.05, 0.1) is 0 Å². The van der Waals surface area contributed by atoms with E-state index in [0.717, 1.165) is 21.5 Å². The Morgan fingerprint density at radius 2 is 2.09 bits per heavy atom. The molecule has 22 heavy (non-hydrogen) atoms. The third kappa shape index (κ3) is 2.44. The van der Waals surface area contributed by atoms with Crippen molar-refractivity contribution in [2.75, 3.05) is 0 Å². The number of nitrogens with zero attached hydrogens (tertiary/aromatic N) is 3. The Kier molecular flexibility index (Phi) is 3.08. The standard InChI is InChI=1S/C16H11N3O2S/c1-10-17-13-9-11(4-6-14(13)20-10)16-18-15(21-19-16)7-5-12-3-2-8-22-12/h2-9H,1H3/b7-5+. The molecule has 0 saturated heterocycles. The minimum absolute atomic E-state index is 0.472. The second-order valence-electron chi connectivity index (χ2n) is 4.72. The van der Waals surface area contributed by atoms with Crippen LogP contribution in [-0.4, -0.2) is 15.1 Å². The molecule has 0 bridgehead atoms. The van der Waals surface area contributed by atoms with Crippen LogP contribution in [0.3, 0.4) is 0 Å². The molecule has 0 radical (unpaired) electrons. The van der Waals surface area contributed by atoms with Gasteiger partial charge in [0.25, 0.3) is 5.89 Å². The minimum Gasteiger partial charge on any atom is -0.441 e. The maximum absolute atomic E-state index is 5.46. The van der Waals surface area contributed by atoms with Gasteiger partial charge in [-0.15, -0.1) is 11.3 Å². The molecule has 0 N–H and O–H groups in total. The molecule has 0 aliphatic rings. The third-order valence-electron chi connectivity index (χ3n) is 3.13. The van der Waals surface area contributed by atoms with E-state index in [1.165, 1.54) is 0 Å². The van der Waals surface area contributed by atoms with Gasteiger partial charge in [0.1, 0.15) is 5.52 Å². The highest BCUT2D eigenvalue weighted by Gasteiger charge is 2.09. The van der Waals surface area contributed by atoms with Gasteiger partial charge < -0.3 is 8.94 Å². The first kappa shape index (κ1) is 13.0. The predicted molar refractivity (Wildman–Crippen MR) is 85.3 cm³/mol. The van der Waals surface area contributed by atoms with Crippen molar-refractivity contribution in [3.05, 3.63) is 52.4 Å². The summed E-state index contributed by atoms with van der Waals surface area (Å²) in [6, 6.07) is 9.67. The molecule has 5 nitrogen and oxygen atoms in total. The highest BCUT2D eigenvalue weighted by Crippen LogP contribution is 2.23. The first-order chi connectivity index (χ1) is 10.8. The van der Waals surface area contributed by atoms with Gasteiger partial charge in [-0.3, -0.25) is 0 Å². The molecular weight excluding hydrogens is 298 g/mol. The Bertz CT molecular complexity index is 951. The quantitative estimate of drug-likeness (QED) is 0.560. The van der Waals surface area contributed by atoms with E-state index in [0.29, 0.717) is 17.6 Å². The van der Waals surface area contributed by atoms with Crippen LogP contribution < -0.4 is 0 Å². The fourth-order valence-electron chi connectivity index (χ4n) is 2.14.